The van der Waals surface area contributed by atoms with Gasteiger partial charge in [-0.25, -0.2) is 4.98 Å². The van der Waals surface area contributed by atoms with Crippen molar-refractivity contribution in [2.45, 2.75) is 24.3 Å². The number of aryl methyl sites for hydroxylation is 1. The number of H-pyrrole nitrogens is 1. The average molecular weight is 417 g/mol. The summed E-state index contributed by atoms with van der Waals surface area (Å²) in [6.45, 7) is 3.83. The minimum atomic E-state index is -0.316. The van der Waals surface area contributed by atoms with E-state index in [1.54, 1.807) is 0 Å². The molecule has 0 saturated heterocycles. The zero-order chi connectivity index (χ0) is 17.8. The Kier molecular flexibility index (Phi) is 5.55. The van der Waals surface area contributed by atoms with Crippen LogP contribution in [-0.4, -0.2) is 26.3 Å². The first kappa shape index (κ1) is 17.7. The Hall–Kier alpha value is -2.12. The fraction of sp³-hybridized carbons (Fsp3) is 0.167. The van der Waals surface area contributed by atoms with Crippen molar-refractivity contribution in [1.82, 2.24) is 15.2 Å². The van der Waals surface area contributed by atoms with Gasteiger partial charge in [0.25, 0.3) is 0 Å². The summed E-state index contributed by atoms with van der Waals surface area (Å²) < 4.78 is 0.938. The summed E-state index contributed by atoms with van der Waals surface area (Å²) in [5.74, 6) is 0.587. The number of carbonyl (C=O) groups is 1. The highest BCUT2D eigenvalue weighted by molar-refractivity contribution is 9.10. The van der Waals surface area contributed by atoms with Crippen molar-refractivity contribution < 1.29 is 4.79 Å². The number of thioether (sulfide) groups is 1. The third-order valence-electron chi connectivity index (χ3n) is 3.53. The van der Waals surface area contributed by atoms with E-state index >= 15 is 0 Å². The van der Waals surface area contributed by atoms with Crippen molar-refractivity contribution in [1.29, 1.82) is 0 Å². The monoisotopic (exact) mass is 416 g/mol. The van der Waals surface area contributed by atoms with Crippen LogP contribution in [0.25, 0.3) is 11.4 Å². The second-order valence-corrected chi connectivity index (χ2v) is 7.73. The SMILES string of the molecule is Cc1cccc(NC(=O)[C@H](C)Sc2n[nH]c(-c3ccccc3Br)n2)c1. The molecule has 3 rings (SSSR count). The molecule has 1 amide bonds. The molecule has 0 unspecified atom stereocenters. The number of carbonyl (C=O) groups excluding carboxylic acids is 1. The van der Waals surface area contributed by atoms with Gasteiger partial charge in [0.2, 0.25) is 11.1 Å². The van der Waals surface area contributed by atoms with Crippen LogP contribution in [0.3, 0.4) is 0 Å². The van der Waals surface area contributed by atoms with Gasteiger partial charge in [0, 0.05) is 15.7 Å². The van der Waals surface area contributed by atoms with Crippen LogP contribution in [0.4, 0.5) is 5.69 Å². The number of aromatic nitrogens is 3. The number of aromatic amines is 1. The van der Waals surface area contributed by atoms with E-state index in [0.717, 1.165) is 21.3 Å². The maximum absolute atomic E-state index is 12.4. The summed E-state index contributed by atoms with van der Waals surface area (Å²) in [4.78, 5) is 16.8. The van der Waals surface area contributed by atoms with Crippen LogP contribution < -0.4 is 5.32 Å². The van der Waals surface area contributed by atoms with Gasteiger partial charge in [0.05, 0.1) is 5.25 Å². The van der Waals surface area contributed by atoms with E-state index in [1.807, 2.05) is 62.4 Å². The lowest BCUT2D eigenvalue weighted by atomic mass is 10.2. The zero-order valence-electron chi connectivity index (χ0n) is 13.8. The standard InChI is InChI=1S/C18H17BrN4OS/c1-11-6-5-7-13(10-11)20-17(24)12(2)25-18-21-16(22-23-18)14-8-3-4-9-15(14)19/h3-10,12H,1-2H3,(H,20,24)(H,21,22,23)/t12-/m0/s1. The molecule has 1 aromatic heterocycles. The van der Waals surface area contributed by atoms with Crippen LogP contribution in [0.15, 0.2) is 58.2 Å². The molecule has 1 atom stereocenters. The van der Waals surface area contributed by atoms with Gasteiger partial charge in [-0.05, 0) is 37.6 Å². The largest absolute Gasteiger partial charge is 0.325 e. The summed E-state index contributed by atoms with van der Waals surface area (Å²) in [6.07, 6.45) is 0. The van der Waals surface area contributed by atoms with Crippen molar-refractivity contribution in [3.63, 3.8) is 0 Å². The lowest BCUT2D eigenvalue weighted by Gasteiger charge is -2.10. The minimum Gasteiger partial charge on any atom is -0.325 e. The first-order valence-electron chi connectivity index (χ1n) is 7.74. The van der Waals surface area contributed by atoms with Gasteiger partial charge in [-0.1, -0.05) is 58.0 Å². The molecule has 0 aliphatic heterocycles. The number of rotatable bonds is 5. The number of halogens is 1. The first-order chi connectivity index (χ1) is 12.0. The summed E-state index contributed by atoms with van der Waals surface area (Å²) in [7, 11) is 0. The normalized spacial score (nSPS) is 12.0. The summed E-state index contributed by atoms with van der Waals surface area (Å²) in [6, 6.07) is 15.5. The average Bonchev–Trinajstić information content (AvgIpc) is 3.03. The van der Waals surface area contributed by atoms with Gasteiger partial charge in [-0.15, -0.1) is 5.10 Å². The number of nitrogens with zero attached hydrogens (tertiary/aromatic N) is 2. The molecule has 0 bridgehead atoms. The fourth-order valence-corrected chi connectivity index (χ4v) is 3.45. The molecule has 128 valence electrons. The van der Waals surface area contributed by atoms with E-state index < -0.39 is 0 Å². The predicted octanol–water partition coefficient (Wildman–Crippen LogP) is 4.66. The van der Waals surface area contributed by atoms with E-state index in [9.17, 15) is 4.79 Å². The molecule has 0 radical (unpaired) electrons. The minimum absolute atomic E-state index is 0.0807. The van der Waals surface area contributed by atoms with Gasteiger partial charge < -0.3 is 5.32 Å². The number of anilines is 1. The summed E-state index contributed by atoms with van der Waals surface area (Å²) in [5.41, 5.74) is 2.82. The number of nitrogens with one attached hydrogen (secondary N) is 2. The molecular weight excluding hydrogens is 400 g/mol. The van der Waals surface area contributed by atoms with Crippen LogP contribution in [0, 0.1) is 6.92 Å². The van der Waals surface area contributed by atoms with Gasteiger partial charge in [-0.3, -0.25) is 9.89 Å². The van der Waals surface area contributed by atoms with Crippen LogP contribution >= 0.6 is 27.7 Å². The fourth-order valence-electron chi connectivity index (χ4n) is 2.25. The lowest BCUT2D eigenvalue weighted by Crippen LogP contribution is -2.22. The second-order valence-electron chi connectivity index (χ2n) is 5.57. The number of hydrogen-bond acceptors (Lipinski definition) is 4. The molecule has 25 heavy (non-hydrogen) atoms. The maximum atomic E-state index is 12.4. The Morgan fingerprint density at radius 2 is 2.04 bits per heavy atom. The molecule has 5 nitrogen and oxygen atoms in total. The highest BCUT2D eigenvalue weighted by atomic mass is 79.9. The molecule has 0 aliphatic carbocycles. The van der Waals surface area contributed by atoms with E-state index in [1.165, 1.54) is 11.8 Å². The van der Waals surface area contributed by atoms with Crippen LogP contribution in [0.2, 0.25) is 0 Å². The molecule has 1 heterocycles. The van der Waals surface area contributed by atoms with Gasteiger partial charge >= 0.3 is 0 Å². The number of hydrogen-bond donors (Lipinski definition) is 2. The molecule has 7 heteroatoms. The van der Waals surface area contributed by atoms with Gasteiger partial charge in [-0.2, -0.15) is 0 Å². The highest BCUT2D eigenvalue weighted by Crippen LogP contribution is 2.28. The van der Waals surface area contributed by atoms with Crippen molar-refractivity contribution in [3.05, 3.63) is 58.6 Å². The Morgan fingerprint density at radius 1 is 1.24 bits per heavy atom. The lowest BCUT2D eigenvalue weighted by molar-refractivity contribution is -0.115. The molecule has 2 aromatic carbocycles. The second kappa shape index (κ2) is 7.84. The van der Waals surface area contributed by atoms with Crippen molar-refractivity contribution >= 4 is 39.3 Å². The molecule has 2 N–H and O–H groups in total. The van der Waals surface area contributed by atoms with Crippen molar-refractivity contribution in [2.75, 3.05) is 5.32 Å². The molecular formula is C18H17BrN4OS. The Balaban J connectivity index is 1.66. The number of amides is 1. The highest BCUT2D eigenvalue weighted by Gasteiger charge is 2.18. The molecule has 0 fully saturated rings. The molecule has 3 aromatic rings. The Labute approximate surface area is 158 Å². The quantitative estimate of drug-likeness (QED) is 0.593. The number of benzene rings is 2. The van der Waals surface area contributed by atoms with Crippen molar-refractivity contribution in [2.24, 2.45) is 0 Å². The smallest absolute Gasteiger partial charge is 0.237 e. The third-order valence-corrected chi connectivity index (χ3v) is 5.18. The van der Waals surface area contributed by atoms with Crippen LogP contribution in [0.1, 0.15) is 12.5 Å². The van der Waals surface area contributed by atoms with E-state index in [2.05, 4.69) is 36.4 Å². The topological polar surface area (TPSA) is 70.7 Å². The van der Waals surface area contributed by atoms with Gasteiger partial charge in [0.15, 0.2) is 5.82 Å². The predicted molar refractivity (Wildman–Crippen MR) is 105 cm³/mol. The summed E-state index contributed by atoms with van der Waals surface area (Å²) >= 11 is 4.82. The molecule has 0 spiro atoms. The van der Waals surface area contributed by atoms with Crippen LogP contribution in [0.5, 0.6) is 0 Å². The summed E-state index contributed by atoms with van der Waals surface area (Å²) in [5, 5.41) is 10.3. The zero-order valence-corrected chi connectivity index (χ0v) is 16.2. The third kappa shape index (κ3) is 4.49. The van der Waals surface area contributed by atoms with E-state index in [4.69, 9.17) is 0 Å². The van der Waals surface area contributed by atoms with E-state index in [0.29, 0.717) is 11.0 Å². The van der Waals surface area contributed by atoms with Crippen LogP contribution in [-0.2, 0) is 4.79 Å². The molecule has 0 saturated carbocycles. The van der Waals surface area contributed by atoms with Gasteiger partial charge in [0.1, 0.15) is 0 Å². The Bertz CT molecular complexity index is 896. The first-order valence-corrected chi connectivity index (χ1v) is 9.41. The van der Waals surface area contributed by atoms with Crippen molar-refractivity contribution in [3.8, 4) is 11.4 Å². The van der Waals surface area contributed by atoms with E-state index in [-0.39, 0.29) is 11.2 Å². The molecule has 0 aliphatic rings. The maximum Gasteiger partial charge on any atom is 0.237 e. The Morgan fingerprint density at radius 3 is 2.80 bits per heavy atom.